The molecule has 0 aliphatic carbocycles. The summed E-state index contributed by atoms with van der Waals surface area (Å²) < 4.78 is 0. The van der Waals surface area contributed by atoms with Crippen LogP contribution in [0.3, 0.4) is 0 Å². The first-order valence-corrected chi connectivity index (χ1v) is 6.10. The average molecular weight is 260 g/mol. The van der Waals surface area contributed by atoms with Crippen molar-refractivity contribution >= 4 is 23.8 Å². The molecule has 1 atom stereocenters. The summed E-state index contributed by atoms with van der Waals surface area (Å²) >= 11 is 0. The number of aryl methyl sites for hydroxylation is 1. The van der Waals surface area contributed by atoms with Crippen molar-refractivity contribution < 1.29 is 9.59 Å². The molecule has 1 saturated heterocycles. The van der Waals surface area contributed by atoms with E-state index in [1.54, 1.807) is 13.1 Å². The van der Waals surface area contributed by atoms with E-state index >= 15 is 0 Å². The van der Waals surface area contributed by atoms with E-state index < -0.39 is 0 Å². The second kappa shape index (κ2) is 5.17. The molecular weight excluding hydrogens is 244 g/mol. The monoisotopic (exact) mass is 260 g/mol. The first-order valence-electron chi connectivity index (χ1n) is 6.10. The summed E-state index contributed by atoms with van der Waals surface area (Å²) in [6, 6.07) is 1.79. The number of pyridine rings is 1. The van der Waals surface area contributed by atoms with Gasteiger partial charge in [0.25, 0.3) is 0 Å². The van der Waals surface area contributed by atoms with Crippen molar-refractivity contribution in [1.29, 1.82) is 5.41 Å². The van der Waals surface area contributed by atoms with Gasteiger partial charge >= 0.3 is 0 Å². The predicted molar refractivity (Wildman–Crippen MR) is 71.5 cm³/mol. The molecule has 1 aromatic rings. The standard InChI is InChI=1S/C13H16N4O2/c1-7-10(5-8(6-14)12(15-2)16-7)9-3-4-11(18)17-13(9)19/h5-6,9,14H,3-4H2,1-2H3,(H,15,16)(H,17,18,19). The second-order valence-corrected chi connectivity index (χ2v) is 4.50. The third-order valence-electron chi connectivity index (χ3n) is 3.29. The fourth-order valence-corrected chi connectivity index (χ4v) is 2.29. The Morgan fingerprint density at radius 3 is 2.84 bits per heavy atom. The Hall–Kier alpha value is -2.24. The first kappa shape index (κ1) is 13.2. The van der Waals surface area contributed by atoms with Crippen LogP contribution in [0, 0.1) is 12.3 Å². The molecule has 1 unspecified atom stereocenters. The topological polar surface area (TPSA) is 94.9 Å². The highest BCUT2D eigenvalue weighted by Gasteiger charge is 2.29. The number of hydrogen-bond donors (Lipinski definition) is 3. The summed E-state index contributed by atoms with van der Waals surface area (Å²) in [5.74, 6) is -0.265. The molecule has 1 aromatic heterocycles. The number of nitrogens with zero attached hydrogens (tertiary/aromatic N) is 1. The van der Waals surface area contributed by atoms with Crippen LogP contribution in [-0.4, -0.2) is 30.1 Å². The average Bonchev–Trinajstić information content (AvgIpc) is 2.39. The Balaban J connectivity index is 2.42. The Kier molecular flexibility index (Phi) is 3.59. The van der Waals surface area contributed by atoms with Gasteiger partial charge in [0.05, 0.1) is 5.92 Å². The Labute approximate surface area is 111 Å². The van der Waals surface area contributed by atoms with E-state index in [1.165, 1.54) is 6.21 Å². The van der Waals surface area contributed by atoms with Crippen LogP contribution in [-0.2, 0) is 9.59 Å². The minimum Gasteiger partial charge on any atom is -0.373 e. The van der Waals surface area contributed by atoms with Gasteiger partial charge in [0.1, 0.15) is 5.82 Å². The van der Waals surface area contributed by atoms with Gasteiger partial charge in [-0.1, -0.05) is 0 Å². The fourth-order valence-electron chi connectivity index (χ4n) is 2.29. The molecule has 2 amide bonds. The van der Waals surface area contributed by atoms with Crippen molar-refractivity contribution in [1.82, 2.24) is 10.3 Å². The van der Waals surface area contributed by atoms with Crippen LogP contribution >= 0.6 is 0 Å². The molecule has 1 aliphatic heterocycles. The maximum absolute atomic E-state index is 11.9. The van der Waals surface area contributed by atoms with Crippen LogP contribution in [0.4, 0.5) is 5.82 Å². The quantitative estimate of drug-likeness (QED) is 0.557. The van der Waals surface area contributed by atoms with E-state index in [9.17, 15) is 9.59 Å². The largest absolute Gasteiger partial charge is 0.373 e. The van der Waals surface area contributed by atoms with E-state index in [0.29, 0.717) is 24.2 Å². The summed E-state index contributed by atoms with van der Waals surface area (Å²) in [5.41, 5.74) is 2.15. The molecule has 2 rings (SSSR count). The molecule has 100 valence electrons. The SMILES string of the molecule is CNc1nc(C)c(C2CCC(=O)NC2=O)cc1C=N. The van der Waals surface area contributed by atoms with Crippen molar-refractivity contribution in [2.24, 2.45) is 0 Å². The molecule has 0 aromatic carbocycles. The number of nitrogens with one attached hydrogen (secondary N) is 3. The molecule has 3 N–H and O–H groups in total. The Morgan fingerprint density at radius 2 is 2.26 bits per heavy atom. The first-order chi connectivity index (χ1) is 9.06. The van der Waals surface area contributed by atoms with Crippen LogP contribution in [0.1, 0.15) is 35.6 Å². The summed E-state index contributed by atoms with van der Waals surface area (Å²) in [6.07, 6.45) is 2.03. The fraction of sp³-hybridized carbons (Fsp3) is 0.385. The molecule has 6 nitrogen and oxygen atoms in total. The molecule has 19 heavy (non-hydrogen) atoms. The van der Waals surface area contributed by atoms with Crippen LogP contribution in [0.2, 0.25) is 0 Å². The van der Waals surface area contributed by atoms with E-state index in [0.717, 1.165) is 11.3 Å². The molecule has 1 aliphatic rings. The molecular formula is C13H16N4O2. The van der Waals surface area contributed by atoms with Crippen LogP contribution < -0.4 is 10.6 Å². The molecule has 6 heteroatoms. The predicted octanol–water partition coefficient (Wildman–Crippen LogP) is 0.950. The number of amides is 2. The number of carbonyl (C=O) groups excluding carboxylic acids is 2. The van der Waals surface area contributed by atoms with Gasteiger partial charge in [-0.05, 0) is 25.0 Å². The summed E-state index contributed by atoms with van der Waals surface area (Å²) in [5, 5.41) is 12.7. The molecule has 1 fully saturated rings. The van der Waals surface area contributed by atoms with Crippen molar-refractivity contribution in [2.75, 3.05) is 12.4 Å². The number of piperidine rings is 1. The lowest BCUT2D eigenvalue weighted by Crippen LogP contribution is -2.39. The third kappa shape index (κ3) is 2.47. The zero-order valence-electron chi connectivity index (χ0n) is 10.9. The maximum Gasteiger partial charge on any atom is 0.234 e. The van der Waals surface area contributed by atoms with E-state index in [-0.39, 0.29) is 17.7 Å². The zero-order chi connectivity index (χ0) is 14.0. The van der Waals surface area contributed by atoms with Gasteiger partial charge in [-0.3, -0.25) is 14.9 Å². The number of anilines is 1. The van der Waals surface area contributed by atoms with E-state index in [2.05, 4.69) is 15.6 Å². The van der Waals surface area contributed by atoms with Crippen molar-refractivity contribution in [3.63, 3.8) is 0 Å². The lowest BCUT2D eigenvalue weighted by Gasteiger charge is -2.23. The van der Waals surface area contributed by atoms with Gasteiger partial charge in [-0.15, -0.1) is 0 Å². The number of rotatable bonds is 3. The lowest BCUT2D eigenvalue weighted by atomic mass is 9.89. The summed E-state index contributed by atoms with van der Waals surface area (Å²) in [7, 11) is 1.74. The van der Waals surface area contributed by atoms with Gasteiger partial charge in [-0.2, -0.15) is 0 Å². The molecule has 2 heterocycles. The number of hydrogen-bond acceptors (Lipinski definition) is 5. The van der Waals surface area contributed by atoms with Gasteiger partial charge < -0.3 is 10.7 Å². The number of imide groups is 1. The molecule has 0 saturated carbocycles. The van der Waals surface area contributed by atoms with Crippen molar-refractivity contribution in [3.05, 3.63) is 22.9 Å². The zero-order valence-corrected chi connectivity index (χ0v) is 10.9. The third-order valence-corrected chi connectivity index (χ3v) is 3.29. The van der Waals surface area contributed by atoms with Crippen LogP contribution in [0.25, 0.3) is 0 Å². The van der Waals surface area contributed by atoms with Crippen LogP contribution in [0.15, 0.2) is 6.07 Å². The summed E-state index contributed by atoms with van der Waals surface area (Å²) in [4.78, 5) is 27.4. The number of carbonyl (C=O) groups is 2. The molecule has 0 spiro atoms. The molecule has 0 bridgehead atoms. The van der Waals surface area contributed by atoms with Crippen molar-refractivity contribution in [2.45, 2.75) is 25.7 Å². The Bertz CT molecular complexity index is 554. The maximum atomic E-state index is 11.9. The van der Waals surface area contributed by atoms with Gasteiger partial charge in [0.2, 0.25) is 11.8 Å². The van der Waals surface area contributed by atoms with Crippen LogP contribution in [0.5, 0.6) is 0 Å². The number of aromatic nitrogens is 1. The highest BCUT2D eigenvalue weighted by molar-refractivity contribution is 6.01. The minimum atomic E-state index is -0.366. The second-order valence-electron chi connectivity index (χ2n) is 4.50. The smallest absolute Gasteiger partial charge is 0.234 e. The minimum absolute atomic E-state index is 0.231. The van der Waals surface area contributed by atoms with Crippen molar-refractivity contribution in [3.8, 4) is 0 Å². The van der Waals surface area contributed by atoms with E-state index in [4.69, 9.17) is 5.41 Å². The lowest BCUT2D eigenvalue weighted by molar-refractivity contribution is -0.134. The van der Waals surface area contributed by atoms with Gasteiger partial charge in [-0.25, -0.2) is 4.98 Å². The Morgan fingerprint density at radius 1 is 1.53 bits per heavy atom. The highest BCUT2D eigenvalue weighted by Crippen LogP contribution is 2.28. The highest BCUT2D eigenvalue weighted by atomic mass is 16.2. The van der Waals surface area contributed by atoms with Gasteiger partial charge in [0, 0.05) is 30.9 Å². The normalized spacial score (nSPS) is 18.9. The van der Waals surface area contributed by atoms with Gasteiger partial charge in [0.15, 0.2) is 0 Å². The summed E-state index contributed by atoms with van der Waals surface area (Å²) in [6.45, 7) is 1.83. The van der Waals surface area contributed by atoms with E-state index in [1.807, 2.05) is 6.92 Å². The molecule has 0 radical (unpaired) electrons.